The molecule has 7 nitrogen and oxygen atoms in total. The van der Waals surface area contributed by atoms with Gasteiger partial charge in [-0.25, -0.2) is 14.1 Å². The molecule has 190 valence electrons. The van der Waals surface area contributed by atoms with Crippen molar-refractivity contribution in [2.45, 2.75) is 20.5 Å². The van der Waals surface area contributed by atoms with Crippen LogP contribution in [0.15, 0.2) is 64.6 Å². The number of barbiturate groups is 1. The number of nitrogens with one attached hydrogen (secondary N) is 1. The number of benzene rings is 3. The van der Waals surface area contributed by atoms with E-state index in [0.717, 1.165) is 20.5 Å². The number of ether oxygens (including phenoxy) is 2. The minimum atomic E-state index is -0.841. The summed E-state index contributed by atoms with van der Waals surface area (Å²) in [5.74, 6) is -1.40. The van der Waals surface area contributed by atoms with Crippen LogP contribution in [0.1, 0.15) is 23.6 Å². The topological polar surface area (TPSA) is 84.9 Å². The maximum atomic E-state index is 13.2. The average Bonchev–Trinajstić information content (AvgIpc) is 2.84. The van der Waals surface area contributed by atoms with Crippen molar-refractivity contribution in [1.82, 2.24) is 5.32 Å². The zero-order valence-electron chi connectivity index (χ0n) is 19.8. The van der Waals surface area contributed by atoms with E-state index < -0.39 is 17.8 Å². The number of carbonyl (C=O) groups is 3. The van der Waals surface area contributed by atoms with Gasteiger partial charge in [-0.1, -0.05) is 39.7 Å². The van der Waals surface area contributed by atoms with Gasteiger partial charge in [0, 0.05) is 4.47 Å². The van der Waals surface area contributed by atoms with E-state index in [4.69, 9.17) is 21.1 Å². The fourth-order valence-corrected chi connectivity index (χ4v) is 4.16. The number of urea groups is 1. The maximum absolute atomic E-state index is 13.2. The quantitative estimate of drug-likeness (QED) is 0.263. The summed E-state index contributed by atoms with van der Waals surface area (Å²) >= 11 is 9.87. The van der Waals surface area contributed by atoms with E-state index in [1.165, 1.54) is 24.3 Å². The van der Waals surface area contributed by atoms with E-state index in [0.29, 0.717) is 23.6 Å². The van der Waals surface area contributed by atoms with Crippen LogP contribution < -0.4 is 19.7 Å². The third-order valence-electron chi connectivity index (χ3n) is 5.44. The Kier molecular flexibility index (Phi) is 7.94. The van der Waals surface area contributed by atoms with Crippen LogP contribution in [0, 0.1) is 12.7 Å². The van der Waals surface area contributed by atoms with Gasteiger partial charge in [0.1, 0.15) is 18.0 Å². The highest BCUT2D eigenvalue weighted by Gasteiger charge is 2.37. The van der Waals surface area contributed by atoms with Gasteiger partial charge in [0.2, 0.25) is 0 Å². The first kappa shape index (κ1) is 26.4. The third-order valence-corrected chi connectivity index (χ3v) is 6.61. The number of halogens is 3. The van der Waals surface area contributed by atoms with Crippen LogP contribution in [0.2, 0.25) is 5.02 Å². The molecule has 4 amide bonds. The molecule has 1 heterocycles. The monoisotopic (exact) mass is 586 g/mol. The SMILES string of the molecule is CCOc1cc(/C=C2\C(=O)NC(=O)N(c3ccc(Br)c(C)c3)C2=O)cc(Cl)c1OCc1ccc(F)cc1. The minimum absolute atomic E-state index is 0.116. The Morgan fingerprint density at radius 1 is 1.05 bits per heavy atom. The first-order valence-electron chi connectivity index (χ1n) is 11.2. The van der Waals surface area contributed by atoms with Gasteiger partial charge in [0.05, 0.1) is 17.3 Å². The number of aryl methyl sites for hydroxylation is 1. The molecule has 0 radical (unpaired) electrons. The molecule has 1 aliphatic rings. The van der Waals surface area contributed by atoms with Crippen molar-refractivity contribution >= 4 is 57.1 Å². The molecule has 0 aliphatic carbocycles. The number of carbonyl (C=O) groups excluding carboxylic acids is 3. The number of amides is 4. The lowest BCUT2D eigenvalue weighted by molar-refractivity contribution is -0.122. The molecule has 1 N–H and O–H groups in total. The van der Waals surface area contributed by atoms with Crippen molar-refractivity contribution in [2.75, 3.05) is 11.5 Å². The van der Waals surface area contributed by atoms with Crippen LogP contribution in [0.5, 0.6) is 11.5 Å². The largest absolute Gasteiger partial charge is 0.490 e. The summed E-state index contributed by atoms with van der Waals surface area (Å²) in [6, 6.07) is 13.1. The Morgan fingerprint density at radius 2 is 1.78 bits per heavy atom. The zero-order valence-corrected chi connectivity index (χ0v) is 22.2. The van der Waals surface area contributed by atoms with Gasteiger partial charge >= 0.3 is 6.03 Å². The van der Waals surface area contributed by atoms with Crippen molar-refractivity contribution in [3.8, 4) is 11.5 Å². The lowest BCUT2D eigenvalue weighted by atomic mass is 10.1. The van der Waals surface area contributed by atoms with E-state index >= 15 is 0 Å². The number of rotatable bonds is 7. The molecular weight excluding hydrogens is 567 g/mol. The lowest BCUT2D eigenvalue weighted by Crippen LogP contribution is -2.54. The van der Waals surface area contributed by atoms with E-state index in [1.54, 1.807) is 43.3 Å². The Labute approximate surface area is 225 Å². The molecule has 0 atom stereocenters. The van der Waals surface area contributed by atoms with Gasteiger partial charge in [-0.3, -0.25) is 14.9 Å². The first-order valence-corrected chi connectivity index (χ1v) is 12.4. The lowest BCUT2D eigenvalue weighted by Gasteiger charge is -2.26. The van der Waals surface area contributed by atoms with E-state index in [-0.39, 0.29) is 28.8 Å². The molecule has 37 heavy (non-hydrogen) atoms. The highest BCUT2D eigenvalue weighted by atomic mass is 79.9. The molecule has 3 aromatic carbocycles. The minimum Gasteiger partial charge on any atom is -0.490 e. The van der Waals surface area contributed by atoms with Gasteiger partial charge < -0.3 is 9.47 Å². The summed E-state index contributed by atoms with van der Waals surface area (Å²) in [6.45, 7) is 4.02. The summed E-state index contributed by atoms with van der Waals surface area (Å²) in [5.41, 5.74) is 1.99. The molecule has 3 aromatic rings. The number of hydrogen-bond donors (Lipinski definition) is 1. The summed E-state index contributed by atoms with van der Waals surface area (Å²) in [4.78, 5) is 39.2. The average molecular weight is 588 g/mol. The molecule has 1 fully saturated rings. The van der Waals surface area contributed by atoms with Gasteiger partial charge in [0.15, 0.2) is 11.5 Å². The van der Waals surface area contributed by atoms with E-state index in [9.17, 15) is 18.8 Å². The summed E-state index contributed by atoms with van der Waals surface area (Å²) in [5, 5.41) is 2.38. The van der Waals surface area contributed by atoms with Gasteiger partial charge in [0.25, 0.3) is 11.8 Å². The van der Waals surface area contributed by atoms with Crippen molar-refractivity contribution in [3.05, 3.63) is 92.2 Å². The highest BCUT2D eigenvalue weighted by molar-refractivity contribution is 9.10. The van der Waals surface area contributed by atoms with E-state index in [2.05, 4.69) is 21.2 Å². The second-order valence-corrected chi connectivity index (χ2v) is 9.33. The van der Waals surface area contributed by atoms with Crippen molar-refractivity contribution in [3.63, 3.8) is 0 Å². The van der Waals surface area contributed by atoms with Crippen molar-refractivity contribution in [2.24, 2.45) is 0 Å². The maximum Gasteiger partial charge on any atom is 0.335 e. The van der Waals surface area contributed by atoms with E-state index in [1.807, 2.05) is 6.92 Å². The number of imide groups is 2. The molecular formula is C27H21BrClFN2O5. The molecule has 0 bridgehead atoms. The Morgan fingerprint density at radius 3 is 2.46 bits per heavy atom. The first-order chi connectivity index (χ1) is 17.7. The van der Waals surface area contributed by atoms with Crippen LogP contribution in [0.25, 0.3) is 6.08 Å². The van der Waals surface area contributed by atoms with Crippen LogP contribution in [0.4, 0.5) is 14.9 Å². The van der Waals surface area contributed by atoms with Crippen molar-refractivity contribution < 1.29 is 28.2 Å². The molecule has 10 heteroatoms. The van der Waals surface area contributed by atoms with Crippen LogP contribution in [-0.2, 0) is 16.2 Å². The third kappa shape index (κ3) is 5.84. The standard InChI is InChI=1S/C27H21BrClFN2O5/c1-3-36-23-13-17(12-22(29)24(23)37-14-16-4-6-18(30)7-5-16)11-20-25(33)31-27(35)32(26(20)34)19-8-9-21(28)15(2)10-19/h4-13H,3,14H2,1-2H3,(H,31,33,35)/b20-11+. The Hall–Kier alpha value is -3.69. The highest BCUT2D eigenvalue weighted by Crippen LogP contribution is 2.38. The fraction of sp³-hybridized carbons (Fsp3) is 0.148. The van der Waals surface area contributed by atoms with Gasteiger partial charge in [-0.15, -0.1) is 0 Å². The number of nitrogens with zero attached hydrogens (tertiary/aromatic N) is 1. The zero-order chi connectivity index (χ0) is 26.7. The Balaban J connectivity index is 1.66. The Bertz CT molecular complexity index is 1430. The number of hydrogen-bond acceptors (Lipinski definition) is 5. The summed E-state index contributed by atoms with van der Waals surface area (Å²) in [7, 11) is 0. The van der Waals surface area contributed by atoms with Crippen LogP contribution in [0.3, 0.4) is 0 Å². The molecule has 0 saturated carbocycles. The molecule has 0 unspecified atom stereocenters. The smallest absolute Gasteiger partial charge is 0.335 e. The summed E-state index contributed by atoms with van der Waals surface area (Å²) in [6.07, 6.45) is 1.33. The van der Waals surface area contributed by atoms with Crippen LogP contribution >= 0.6 is 27.5 Å². The normalized spacial score (nSPS) is 14.7. The predicted molar refractivity (Wildman–Crippen MR) is 141 cm³/mol. The fourth-order valence-electron chi connectivity index (χ4n) is 3.64. The van der Waals surface area contributed by atoms with Gasteiger partial charge in [-0.2, -0.15) is 0 Å². The molecule has 4 rings (SSSR count). The van der Waals surface area contributed by atoms with Crippen molar-refractivity contribution in [1.29, 1.82) is 0 Å². The second kappa shape index (κ2) is 11.1. The molecule has 1 aliphatic heterocycles. The van der Waals surface area contributed by atoms with Gasteiger partial charge in [-0.05, 0) is 79.1 Å². The molecule has 0 spiro atoms. The molecule has 1 saturated heterocycles. The second-order valence-electron chi connectivity index (χ2n) is 8.07. The molecule has 0 aromatic heterocycles. The number of anilines is 1. The predicted octanol–water partition coefficient (Wildman–Crippen LogP) is 6.19. The summed E-state index contributed by atoms with van der Waals surface area (Å²) < 4.78 is 25.5. The van der Waals surface area contributed by atoms with Crippen LogP contribution in [-0.4, -0.2) is 24.5 Å².